The highest BCUT2D eigenvalue weighted by Gasteiger charge is 2.22. The van der Waals surface area contributed by atoms with Crippen molar-refractivity contribution >= 4 is 60.5 Å². The summed E-state index contributed by atoms with van der Waals surface area (Å²) in [6.07, 6.45) is 0. The minimum Gasteiger partial charge on any atom is -0.455 e. The van der Waals surface area contributed by atoms with Crippen LogP contribution in [0.15, 0.2) is 205 Å². The van der Waals surface area contributed by atoms with Crippen LogP contribution in [0, 0.1) is 0 Å². The molecule has 0 unspecified atom stereocenters. The fourth-order valence-corrected chi connectivity index (χ4v) is 7.48. The van der Waals surface area contributed by atoms with Crippen LogP contribution in [0.25, 0.3) is 76.9 Å². The van der Waals surface area contributed by atoms with Gasteiger partial charge in [0.2, 0.25) is 0 Å². The zero-order valence-electron chi connectivity index (χ0n) is 32.1. The largest absolute Gasteiger partial charge is 0.455 e. The molecule has 1 heterocycles. The predicted octanol–water partition coefficient (Wildman–Crippen LogP) is 14.4. The zero-order chi connectivity index (χ0) is 37.9. The highest BCUT2D eigenvalue weighted by atomic mass is 16.3. The van der Waals surface area contributed by atoms with Crippen LogP contribution in [0.3, 0.4) is 0 Å². The third-order valence-corrected chi connectivity index (χ3v) is 9.93. The molecule has 0 spiro atoms. The summed E-state index contributed by atoms with van der Waals surface area (Å²) in [5.74, 6) is 0. The Hall–Kier alpha value is -6.90. The van der Waals surface area contributed by atoms with E-state index < -0.39 is 0 Å². The Bertz CT molecular complexity index is 3100. The van der Waals surface area contributed by atoms with Gasteiger partial charge in [0.25, 0.3) is 0 Å². The summed E-state index contributed by atoms with van der Waals surface area (Å²) in [5.41, 5.74) is 7.87. The van der Waals surface area contributed by atoms with E-state index in [1.165, 1.54) is 0 Å². The first-order valence-corrected chi connectivity index (χ1v) is 17.4. The fraction of sp³-hybridized carbons (Fsp3) is 0. The van der Waals surface area contributed by atoms with Crippen molar-refractivity contribution in [3.63, 3.8) is 0 Å². The first-order valence-electron chi connectivity index (χ1n) is 19.4. The average molecular weight is 668 g/mol. The summed E-state index contributed by atoms with van der Waals surface area (Å²) in [7, 11) is 0. The molecule has 0 bridgehead atoms. The number of hydrogen-bond acceptors (Lipinski definition) is 2. The molecule has 0 saturated heterocycles. The van der Waals surface area contributed by atoms with Gasteiger partial charge in [-0.1, -0.05) is 158 Å². The highest BCUT2D eigenvalue weighted by Crippen LogP contribution is 2.46. The molecule has 10 rings (SSSR count). The van der Waals surface area contributed by atoms with E-state index in [9.17, 15) is 5.48 Å². The van der Waals surface area contributed by atoms with Crippen molar-refractivity contribution in [3.05, 3.63) is 200 Å². The number of fused-ring (bicyclic) bond motifs is 6. The molecule has 52 heavy (non-hydrogen) atoms. The van der Waals surface area contributed by atoms with Crippen LogP contribution in [-0.2, 0) is 0 Å². The molecule has 2 heteroatoms. The van der Waals surface area contributed by atoms with E-state index >= 15 is 0 Å². The average Bonchev–Trinajstić information content (AvgIpc) is 3.65. The van der Waals surface area contributed by atoms with Crippen molar-refractivity contribution in [2.75, 3.05) is 4.90 Å². The van der Waals surface area contributed by atoms with Gasteiger partial charge in [-0.25, -0.2) is 0 Å². The number of anilines is 3. The Balaban J connectivity index is 1.24. The van der Waals surface area contributed by atoms with Gasteiger partial charge >= 0.3 is 0 Å². The van der Waals surface area contributed by atoms with Crippen LogP contribution in [0.4, 0.5) is 17.1 Å². The lowest BCUT2D eigenvalue weighted by molar-refractivity contribution is 0.672. The molecule has 0 aliphatic carbocycles. The molecule has 0 atom stereocenters. The van der Waals surface area contributed by atoms with E-state index in [2.05, 4.69) is 48.5 Å². The van der Waals surface area contributed by atoms with Crippen LogP contribution in [0.2, 0.25) is 0 Å². The Morgan fingerprint density at radius 2 is 1.02 bits per heavy atom. The molecule has 2 nitrogen and oxygen atoms in total. The maximum atomic E-state index is 9.74. The molecular weight excluding hydrogens is 631 g/mol. The number of rotatable bonds is 6. The van der Waals surface area contributed by atoms with Crippen molar-refractivity contribution in [1.82, 2.24) is 0 Å². The van der Waals surface area contributed by atoms with Gasteiger partial charge in [0, 0.05) is 21.8 Å². The standard InChI is InChI=1S/C50H33NO/c1-3-13-35(14-4-1)41-31-28-39(33-45(41)37-15-5-2-6-16-37)34-25-29-40(30-26-34)51(46-22-11-19-36-17-7-9-20-42(36)46)47-23-12-24-48-49(47)44-32-27-38-18-8-10-21-43(38)50(44)52-48/h1-33H/i25D,26D,29D,30D. The fourth-order valence-electron chi connectivity index (χ4n) is 7.48. The van der Waals surface area contributed by atoms with Gasteiger partial charge in [-0.2, -0.15) is 0 Å². The second-order valence-electron chi connectivity index (χ2n) is 13.0. The van der Waals surface area contributed by atoms with Gasteiger partial charge < -0.3 is 9.32 Å². The van der Waals surface area contributed by atoms with Crippen molar-refractivity contribution < 1.29 is 9.90 Å². The number of furan rings is 1. The first-order chi connectivity index (χ1) is 27.5. The lowest BCUT2D eigenvalue weighted by atomic mass is 9.91. The van der Waals surface area contributed by atoms with Gasteiger partial charge in [0.15, 0.2) is 0 Å². The molecule has 0 fully saturated rings. The molecule has 0 amide bonds. The van der Waals surface area contributed by atoms with E-state index in [1.807, 2.05) is 132 Å². The number of nitrogens with zero attached hydrogens (tertiary/aromatic N) is 1. The molecule has 9 aromatic carbocycles. The quantitative estimate of drug-likeness (QED) is 0.175. The van der Waals surface area contributed by atoms with E-state index in [4.69, 9.17) is 4.42 Å². The molecule has 244 valence electrons. The molecule has 0 radical (unpaired) electrons. The highest BCUT2D eigenvalue weighted by molar-refractivity contribution is 6.20. The minimum absolute atomic E-state index is 0.118. The summed E-state index contributed by atoms with van der Waals surface area (Å²) >= 11 is 0. The SMILES string of the molecule is [2H]c1c([2H])c(N(c2cccc3ccccc23)c2cccc3oc4c5ccccc5ccc4c23)c([2H])c([2H])c1-c1ccc(-c2ccccc2)c(-c2ccccc2)c1. The summed E-state index contributed by atoms with van der Waals surface area (Å²) in [5, 5.41) is 5.68. The van der Waals surface area contributed by atoms with Gasteiger partial charge in [-0.3, -0.25) is 0 Å². The van der Waals surface area contributed by atoms with E-state index in [0.717, 1.165) is 65.8 Å². The van der Waals surface area contributed by atoms with Crippen molar-refractivity contribution in [2.45, 2.75) is 0 Å². The van der Waals surface area contributed by atoms with Gasteiger partial charge in [-0.15, -0.1) is 0 Å². The van der Waals surface area contributed by atoms with Crippen LogP contribution < -0.4 is 4.90 Å². The van der Waals surface area contributed by atoms with Crippen LogP contribution in [-0.4, -0.2) is 0 Å². The Kier molecular flexibility index (Phi) is 6.22. The molecule has 10 aromatic rings. The van der Waals surface area contributed by atoms with Crippen molar-refractivity contribution in [1.29, 1.82) is 0 Å². The van der Waals surface area contributed by atoms with Crippen LogP contribution in [0.5, 0.6) is 0 Å². The smallest absolute Gasteiger partial charge is 0.143 e. The Morgan fingerprint density at radius 1 is 0.404 bits per heavy atom. The molecule has 0 aliphatic rings. The Labute approximate surface area is 308 Å². The third kappa shape index (κ3) is 5.04. The number of benzene rings is 9. The van der Waals surface area contributed by atoms with Crippen LogP contribution in [0.1, 0.15) is 5.48 Å². The molecular formula is C50H33NO. The molecule has 0 N–H and O–H groups in total. The second-order valence-corrected chi connectivity index (χ2v) is 13.0. The van der Waals surface area contributed by atoms with Gasteiger partial charge in [0.05, 0.1) is 22.2 Å². The predicted molar refractivity (Wildman–Crippen MR) is 220 cm³/mol. The lowest BCUT2D eigenvalue weighted by Crippen LogP contribution is -2.10. The Morgan fingerprint density at radius 3 is 1.79 bits per heavy atom. The zero-order valence-corrected chi connectivity index (χ0v) is 28.1. The molecule has 0 saturated carbocycles. The van der Waals surface area contributed by atoms with Gasteiger partial charge in [-0.05, 0) is 86.6 Å². The summed E-state index contributed by atoms with van der Waals surface area (Å²) < 4.78 is 45.3. The van der Waals surface area contributed by atoms with Crippen molar-refractivity contribution in [2.24, 2.45) is 0 Å². The van der Waals surface area contributed by atoms with Crippen molar-refractivity contribution in [3.8, 4) is 33.4 Å². The van der Waals surface area contributed by atoms with Crippen LogP contribution >= 0.6 is 0 Å². The normalized spacial score (nSPS) is 12.5. The maximum Gasteiger partial charge on any atom is 0.143 e. The number of hydrogen-bond donors (Lipinski definition) is 0. The summed E-state index contributed by atoms with van der Waals surface area (Å²) in [4.78, 5) is 1.90. The van der Waals surface area contributed by atoms with Gasteiger partial charge in [0.1, 0.15) is 11.2 Å². The minimum atomic E-state index is -0.141. The maximum absolute atomic E-state index is 9.74. The third-order valence-electron chi connectivity index (χ3n) is 9.93. The van der Waals surface area contributed by atoms with E-state index in [-0.39, 0.29) is 35.4 Å². The summed E-state index contributed by atoms with van der Waals surface area (Å²) in [6, 6.07) is 57.8. The van der Waals surface area contributed by atoms with E-state index in [1.54, 1.807) is 0 Å². The second kappa shape index (κ2) is 12.5. The summed E-state index contributed by atoms with van der Waals surface area (Å²) in [6.45, 7) is 0. The lowest BCUT2D eigenvalue weighted by Gasteiger charge is -2.27. The first kappa shape index (κ1) is 26.0. The topological polar surface area (TPSA) is 16.4 Å². The van der Waals surface area contributed by atoms with E-state index in [0.29, 0.717) is 16.8 Å². The molecule has 1 aromatic heterocycles. The monoisotopic (exact) mass is 667 g/mol. The molecule has 0 aliphatic heterocycles.